The fraction of sp³-hybridized carbons (Fsp3) is 0.895. The highest BCUT2D eigenvalue weighted by atomic mass is 31.2. The summed E-state index contributed by atoms with van der Waals surface area (Å²) < 4.78 is 25.4. The Morgan fingerprint density at radius 3 is 2.04 bits per heavy atom. The summed E-state index contributed by atoms with van der Waals surface area (Å²) in [6, 6.07) is 0. The largest absolute Gasteiger partial charge is 0.359 e. The lowest BCUT2D eigenvalue weighted by Crippen LogP contribution is -2.26. The first kappa shape index (κ1) is 23.5. The van der Waals surface area contributed by atoms with Crippen molar-refractivity contribution in [2.24, 2.45) is 0 Å². The van der Waals surface area contributed by atoms with Crippen molar-refractivity contribution < 1.29 is 13.6 Å². The zero-order valence-corrected chi connectivity index (χ0v) is 19.2. The van der Waals surface area contributed by atoms with Gasteiger partial charge in [-0.1, -0.05) is 0 Å². The highest BCUT2D eigenvalue weighted by Crippen LogP contribution is 2.57. The molecular weight excluding hydrogens is 349 g/mol. The molecule has 1 saturated heterocycles. The van der Waals surface area contributed by atoms with Gasteiger partial charge in [0.05, 0.1) is 17.0 Å². The number of nitrogens with zero attached hydrogens (tertiary/aromatic N) is 3. The topological polar surface area (TPSA) is 45.2 Å². The predicted octanol–water partition coefficient (Wildman–Crippen LogP) is 4.20. The summed E-state index contributed by atoms with van der Waals surface area (Å²) in [6.45, 7) is 15.3. The molecule has 154 valence electrons. The molecule has 1 heterocycles. The summed E-state index contributed by atoms with van der Waals surface area (Å²) in [7, 11) is 2.83. The SMILES string of the molecule is CN(C)CCCCN1CCN(C)/C1=C\P(=O)(OC(C)(C)C)OC(C)(C)C. The minimum Gasteiger partial charge on any atom is -0.359 e. The monoisotopic (exact) mass is 389 g/mol. The van der Waals surface area contributed by atoms with Crippen LogP contribution in [0.3, 0.4) is 0 Å². The predicted molar refractivity (Wildman–Crippen MR) is 109 cm³/mol. The Bertz CT molecular complexity index is 501. The third kappa shape index (κ3) is 8.90. The first-order valence-corrected chi connectivity index (χ1v) is 11.2. The van der Waals surface area contributed by atoms with E-state index in [1.54, 1.807) is 5.82 Å². The van der Waals surface area contributed by atoms with Gasteiger partial charge in [-0.15, -0.1) is 0 Å². The molecule has 1 fully saturated rings. The zero-order chi connectivity index (χ0) is 20.2. The summed E-state index contributed by atoms with van der Waals surface area (Å²) in [5.41, 5.74) is -1.10. The molecule has 0 amide bonds. The Hall–Kier alpha value is -0.550. The van der Waals surface area contributed by atoms with Crippen molar-refractivity contribution in [3.8, 4) is 0 Å². The molecule has 1 aliphatic heterocycles. The molecule has 0 aliphatic carbocycles. The van der Waals surface area contributed by atoms with Gasteiger partial charge in [0.25, 0.3) is 0 Å². The van der Waals surface area contributed by atoms with Crippen molar-refractivity contribution in [2.45, 2.75) is 65.6 Å². The van der Waals surface area contributed by atoms with E-state index in [1.165, 1.54) is 0 Å². The first-order valence-electron chi connectivity index (χ1n) is 9.56. The van der Waals surface area contributed by atoms with Crippen LogP contribution in [0.2, 0.25) is 0 Å². The lowest BCUT2D eigenvalue weighted by atomic mass is 10.2. The van der Waals surface area contributed by atoms with Gasteiger partial charge in [-0.25, -0.2) is 0 Å². The molecule has 0 aromatic carbocycles. The molecule has 0 spiro atoms. The number of rotatable bonds is 8. The summed E-state index contributed by atoms with van der Waals surface area (Å²) in [6.07, 6.45) is 2.25. The molecule has 6 nitrogen and oxygen atoms in total. The fourth-order valence-corrected chi connectivity index (χ4v) is 5.17. The second-order valence-corrected chi connectivity index (χ2v) is 11.1. The molecule has 0 radical (unpaired) electrons. The molecule has 0 N–H and O–H groups in total. The smallest absolute Gasteiger partial charge is 0.358 e. The van der Waals surface area contributed by atoms with E-state index in [9.17, 15) is 4.57 Å². The van der Waals surface area contributed by atoms with E-state index in [0.29, 0.717) is 0 Å². The Kier molecular flexibility index (Phi) is 8.22. The van der Waals surface area contributed by atoms with Gasteiger partial charge in [-0.3, -0.25) is 13.6 Å². The first-order chi connectivity index (χ1) is 11.7. The minimum atomic E-state index is -3.39. The third-order valence-electron chi connectivity index (χ3n) is 3.78. The van der Waals surface area contributed by atoms with Crippen LogP contribution in [0.15, 0.2) is 11.6 Å². The van der Waals surface area contributed by atoms with E-state index in [4.69, 9.17) is 9.05 Å². The van der Waals surface area contributed by atoms with Gasteiger partial charge in [0.2, 0.25) is 0 Å². The second kappa shape index (κ2) is 9.09. The number of likely N-dealkylation sites (N-methyl/N-ethyl adjacent to an activating group) is 1. The standard InChI is InChI=1S/C19H40N3O3P/c1-18(2,3)24-26(23,25-19(4,5)6)16-17-21(9)14-15-22(17)13-11-10-12-20(7)8/h16H,10-15H2,1-9H3/b17-16+. The molecule has 0 aromatic heterocycles. The average molecular weight is 390 g/mol. The molecule has 26 heavy (non-hydrogen) atoms. The average Bonchev–Trinajstić information content (AvgIpc) is 2.71. The highest BCUT2D eigenvalue weighted by Gasteiger charge is 2.36. The summed E-state index contributed by atoms with van der Waals surface area (Å²) in [4.78, 5) is 6.63. The molecule has 0 atom stereocenters. The molecule has 1 aliphatic rings. The fourth-order valence-electron chi connectivity index (χ4n) is 2.85. The van der Waals surface area contributed by atoms with E-state index >= 15 is 0 Å². The molecular formula is C19H40N3O3P. The summed E-state index contributed by atoms with van der Waals surface area (Å²) in [5.74, 6) is 2.68. The lowest BCUT2D eigenvalue weighted by molar-refractivity contribution is 0.0537. The summed E-state index contributed by atoms with van der Waals surface area (Å²) in [5, 5.41) is 0. The maximum Gasteiger partial charge on any atom is 0.358 e. The van der Waals surface area contributed by atoms with Crippen molar-refractivity contribution in [1.82, 2.24) is 14.7 Å². The molecule has 0 unspecified atom stereocenters. The van der Waals surface area contributed by atoms with Crippen LogP contribution in [0.4, 0.5) is 0 Å². The Morgan fingerprint density at radius 2 is 1.58 bits per heavy atom. The Morgan fingerprint density at radius 1 is 1.04 bits per heavy atom. The van der Waals surface area contributed by atoms with Gasteiger partial charge in [0.1, 0.15) is 5.82 Å². The van der Waals surface area contributed by atoms with E-state index < -0.39 is 18.8 Å². The maximum absolute atomic E-state index is 13.5. The minimum absolute atomic E-state index is 0.550. The highest BCUT2D eigenvalue weighted by molar-refractivity contribution is 7.57. The van der Waals surface area contributed by atoms with Crippen LogP contribution in [0.25, 0.3) is 0 Å². The van der Waals surface area contributed by atoms with E-state index in [2.05, 4.69) is 28.8 Å². The molecule has 0 bridgehead atoms. The van der Waals surface area contributed by atoms with Gasteiger partial charge < -0.3 is 14.7 Å². The Labute approximate surface area is 161 Å². The zero-order valence-electron chi connectivity index (χ0n) is 18.3. The number of hydrogen-bond donors (Lipinski definition) is 0. The van der Waals surface area contributed by atoms with Gasteiger partial charge in [0.15, 0.2) is 0 Å². The van der Waals surface area contributed by atoms with Crippen LogP contribution in [0.1, 0.15) is 54.4 Å². The van der Waals surface area contributed by atoms with Gasteiger partial charge in [-0.05, 0) is 75.0 Å². The Balaban J connectivity index is 2.96. The van der Waals surface area contributed by atoms with Crippen molar-refractivity contribution in [3.63, 3.8) is 0 Å². The van der Waals surface area contributed by atoms with Crippen molar-refractivity contribution in [3.05, 3.63) is 11.6 Å². The second-order valence-electron chi connectivity index (χ2n) is 9.35. The van der Waals surface area contributed by atoms with Crippen LogP contribution < -0.4 is 0 Å². The van der Waals surface area contributed by atoms with Crippen molar-refractivity contribution >= 4 is 7.60 Å². The molecule has 7 heteroatoms. The van der Waals surface area contributed by atoms with Gasteiger partial charge in [-0.2, -0.15) is 0 Å². The van der Waals surface area contributed by atoms with Gasteiger partial charge in [0, 0.05) is 26.7 Å². The lowest BCUT2D eigenvalue weighted by Gasteiger charge is -2.32. The normalized spacial score (nSPS) is 18.5. The van der Waals surface area contributed by atoms with Crippen molar-refractivity contribution in [1.29, 1.82) is 0 Å². The number of hydrogen-bond acceptors (Lipinski definition) is 6. The number of unbranched alkanes of at least 4 members (excludes halogenated alkanes) is 1. The van der Waals surface area contributed by atoms with Crippen molar-refractivity contribution in [2.75, 3.05) is 47.3 Å². The van der Waals surface area contributed by atoms with Crippen LogP contribution in [0.5, 0.6) is 0 Å². The van der Waals surface area contributed by atoms with Crippen LogP contribution in [-0.2, 0) is 13.6 Å². The van der Waals surface area contributed by atoms with Crippen LogP contribution >= 0.6 is 7.60 Å². The molecule has 0 aromatic rings. The maximum atomic E-state index is 13.5. The van der Waals surface area contributed by atoms with Gasteiger partial charge >= 0.3 is 7.60 Å². The van der Waals surface area contributed by atoms with E-state index in [1.807, 2.05) is 48.6 Å². The van der Waals surface area contributed by atoms with E-state index in [-0.39, 0.29) is 0 Å². The molecule has 0 saturated carbocycles. The van der Waals surface area contributed by atoms with E-state index in [0.717, 1.165) is 44.8 Å². The third-order valence-corrected chi connectivity index (χ3v) is 5.93. The van der Waals surface area contributed by atoms with Crippen LogP contribution in [0, 0.1) is 0 Å². The quantitative estimate of drug-likeness (QED) is 0.458. The summed E-state index contributed by atoms with van der Waals surface area (Å²) >= 11 is 0. The molecule has 1 rings (SSSR count). The van der Waals surface area contributed by atoms with Crippen LogP contribution in [-0.4, -0.2) is 73.2 Å².